The van der Waals surface area contributed by atoms with Crippen molar-refractivity contribution in [2.45, 2.75) is 20.3 Å². The zero-order valence-corrected chi connectivity index (χ0v) is 10.3. The Morgan fingerprint density at radius 1 is 1.25 bits per heavy atom. The van der Waals surface area contributed by atoms with Gasteiger partial charge in [-0.1, -0.05) is 6.92 Å². The lowest BCUT2D eigenvalue weighted by molar-refractivity contribution is 0.966. The van der Waals surface area contributed by atoms with Crippen molar-refractivity contribution in [3.05, 3.63) is 29.4 Å². The minimum Gasteiger partial charge on any atom is -0.368 e. The molecule has 0 amide bonds. The molecule has 1 N–H and O–H groups in total. The average Bonchev–Trinajstić information content (AvgIpc) is 2.73. The zero-order valence-electron chi connectivity index (χ0n) is 9.53. The van der Waals surface area contributed by atoms with Crippen molar-refractivity contribution in [2.75, 3.05) is 11.9 Å². The lowest BCUT2D eigenvalue weighted by atomic mass is 10.3. The van der Waals surface area contributed by atoms with Crippen LogP contribution in [0.15, 0.2) is 24.5 Å². The fraction of sp³-hybridized carbons (Fsp3) is 0.333. The van der Waals surface area contributed by atoms with Crippen LogP contribution in [0.4, 0.5) is 5.82 Å². The molecule has 0 atom stereocenters. The fourth-order valence-corrected chi connectivity index (χ4v) is 2.32. The molecule has 0 aliphatic heterocycles. The fourth-order valence-electron chi connectivity index (χ4n) is 1.45. The summed E-state index contributed by atoms with van der Waals surface area (Å²) in [6, 6.07) is 4.21. The van der Waals surface area contributed by atoms with Gasteiger partial charge in [-0.3, -0.25) is 0 Å². The Morgan fingerprint density at radius 2 is 2.06 bits per heavy atom. The molecule has 84 valence electrons. The molecule has 0 unspecified atom stereocenters. The van der Waals surface area contributed by atoms with E-state index >= 15 is 0 Å². The van der Waals surface area contributed by atoms with Crippen molar-refractivity contribution >= 4 is 17.2 Å². The van der Waals surface area contributed by atoms with Gasteiger partial charge in [-0.25, -0.2) is 9.97 Å². The van der Waals surface area contributed by atoms with E-state index in [9.17, 15) is 0 Å². The maximum Gasteiger partial charge on any atom is 0.153 e. The van der Waals surface area contributed by atoms with Crippen molar-refractivity contribution < 1.29 is 0 Å². The van der Waals surface area contributed by atoms with Gasteiger partial charge in [0.25, 0.3) is 0 Å². The third-order valence-electron chi connectivity index (χ3n) is 2.21. The maximum atomic E-state index is 4.40. The number of nitrogens with one attached hydrogen (secondary N) is 1. The van der Waals surface area contributed by atoms with Crippen LogP contribution in [0.3, 0.4) is 0 Å². The summed E-state index contributed by atoms with van der Waals surface area (Å²) in [5.41, 5.74) is 0.953. The molecule has 3 nitrogen and oxygen atoms in total. The minimum absolute atomic E-state index is 0.881. The molecule has 0 saturated carbocycles. The van der Waals surface area contributed by atoms with Gasteiger partial charge in [0.15, 0.2) is 5.82 Å². The number of thiophene rings is 1. The Labute approximate surface area is 99.6 Å². The van der Waals surface area contributed by atoms with E-state index < -0.39 is 0 Å². The molecule has 0 bridgehead atoms. The van der Waals surface area contributed by atoms with E-state index in [0.717, 1.165) is 24.5 Å². The van der Waals surface area contributed by atoms with Crippen molar-refractivity contribution in [2.24, 2.45) is 0 Å². The van der Waals surface area contributed by atoms with E-state index in [-0.39, 0.29) is 0 Å². The zero-order chi connectivity index (χ0) is 11.4. The molecule has 2 aromatic heterocycles. The first-order valence-electron chi connectivity index (χ1n) is 5.43. The monoisotopic (exact) mass is 233 g/mol. The highest BCUT2D eigenvalue weighted by Crippen LogP contribution is 2.29. The predicted octanol–water partition coefficient (Wildman–Crippen LogP) is 3.34. The van der Waals surface area contributed by atoms with E-state index in [0.29, 0.717) is 0 Å². The van der Waals surface area contributed by atoms with E-state index in [1.807, 2.05) is 0 Å². The number of hydrogen-bond donors (Lipinski definition) is 1. The second-order valence-corrected chi connectivity index (χ2v) is 4.88. The molecule has 0 radical (unpaired) electrons. The van der Waals surface area contributed by atoms with Gasteiger partial charge >= 0.3 is 0 Å². The van der Waals surface area contributed by atoms with Crippen LogP contribution >= 0.6 is 11.3 Å². The van der Waals surface area contributed by atoms with E-state index in [2.05, 4.69) is 41.3 Å². The summed E-state index contributed by atoms with van der Waals surface area (Å²) in [6.45, 7) is 5.16. The van der Waals surface area contributed by atoms with Gasteiger partial charge in [0, 0.05) is 23.8 Å². The van der Waals surface area contributed by atoms with Crippen molar-refractivity contribution in [3.63, 3.8) is 0 Å². The molecule has 2 heterocycles. The molecule has 0 fully saturated rings. The number of nitrogens with zero attached hydrogens (tertiary/aromatic N) is 2. The first-order chi connectivity index (χ1) is 7.81. The summed E-state index contributed by atoms with van der Waals surface area (Å²) in [5, 5.41) is 3.30. The SMILES string of the molecule is CCCNc1nccnc1-c1ccc(C)s1. The summed E-state index contributed by atoms with van der Waals surface area (Å²) in [7, 11) is 0. The van der Waals surface area contributed by atoms with Crippen LogP contribution in [0, 0.1) is 6.92 Å². The number of aryl methyl sites for hydroxylation is 1. The normalized spacial score (nSPS) is 10.4. The summed E-state index contributed by atoms with van der Waals surface area (Å²) in [5.74, 6) is 0.881. The third-order valence-corrected chi connectivity index (χ3v) is 3.22. The maximum absolute atomic E-state index is 4.40. The van der Waals surface area contributed by atoms with Crippen LogP contribution in [-0.2, 0) is 0 Å². The Balaban J connectivity index is 2.32. The molecular formula is C12H15N3S. The van der Waals surface area contributed by atoms with Crippen LogP contribution in [0.2, 0.25) is 0 Å². The van der Waals surface area contributed by atoms with E-state index in [4.69, 9.17) is 0 Å². The highest BCUT2D eigenvalue weighted by atomic mass is 32.1. The molecule has 0 aliphatic carbocycles. The highest BCUT2D eigenvalue weighted by Gasteiger charge is 2.08. The molecule has 2 rings (SSSR count). The Kier molecular flexibility index (Phi) is 3.51. The second kappa shape index (κ2) is 5.07. The molecule has 0 aliphatic rings. The van der Waals surface area contributed by atoms with E-state index in [1.165, 1.54) is 9.75 Å². The van der Waals surface area contributed by atoms with Gasteiger partial charge in [0.2, 0.25) is 0 Å². The third kappa shape index (κ3) is 2.39. The number of aromatic nitrogens is 2. The van der Waals surface area contributed by atoms with Crippen LogP contribution in [0.25, 0.3) is 10.6 Å². The largest absolute Gasteiger partial charge is 0.368 e. The van der Waals surface area contributed by atoms with Gasteiger partial charge in [-0.2, -0.15) is 0 Å². The van der Waals surface area contributed by atoms with E-state index in [1.54, 1.807) is 23.7 Å². The quantitative estimate of drug-likeness (QED) is 0.880. The van der Waals surface area contributed by atoms with Crippen molar-refractivity contribution in [1.82, 2.24) is 9.97 Å². The first kappa shape index (κ1) is 11.1. The predicted molar refractivity (Wildman–Crippen MR) is 68.9 cm³/mol. The summed E-state index contributed by atoms with van der Waals surface area (Å²) in [6.07, 6.45) is 4.54. The molecular weight excluding hydrogens is 218 g/mol. The van der Waals surface area contributed by atoms with Crippen molar-refractivity contribution in [1.29, 1.82) is 0 Å². The first-order valence-corrected chi connectivity index (χ1v) is 6.24. The molecule has 2 aromatic rings. The lowest BCUT2D eigenvalue weighted by Crippen LogP contribution is -2.04. The molecule has 4 heteroatoms. The van der Waals surface area contributed by atoms with Gasteiger partial charge in [0.1, 0.15) is 5.69 Å². The van der Waals surface area contributed by atoms with Gasteiger partial charge in [0.05, 0.1) is 4.88 Å². The molecule has 0 aromatic carbocycles. The summed E-state index contributed by atoms with van der Waals surface area (Å²) in [4.78, 5) is 11.2. The van der Waals surface area contributed by atoms with Crippen LogP contribution in [0.1, 0.15) is 18.2 Å². The molecule has 16 heavy (non-hydrogen) atoms. The lowest BCUT2D eigenvalue weighted by Gasteiger charge is -2.07. The van der Waals surface area contributed by atoms with Gasteiger partial charge < -0.3 is 5.32 Å². The molecule has 0 spiro atoms. The number of anilines is 1. The summed E-state index contributed by atoms with van der Waals surface area (Å²) >= 11 is 1.75. The van der Waals surface area contributed by atoms with Crippen LogP contribution < -0.4 is 5.32 Å². The number of rotatable bonds is 4. The second-order valence-electron chi connectivity index (χ2n) is 3.59. The topological polar surface area (TPSA) is 37.8 Å². The highest BCUT2D eigenvalue weighted by molar-refractivity contribution is 7.15. The number of hydrogen-bond acceptors (Lipinski definition) is 4. The summed E-state index contributed by atoms with van der Waals surface area (Å²) < 4.78 is 0. The Hall–Kier alpha value is -1.42. The Morgan fingerprint density at radius 3 is 2.75 bits per heavy atom. The standard InChI is InChI=1S/C12H15N3S/c1-3-6-14-12-11(13-7-8-15-12)10-5-4-9(2)16-10/h4-5,7-8H,3,6H2,1-2H3,(H,14,15). The van der Waals surface area contributed by atoms with Crippen LogP contribution in [0.5, 0.6) is 0 Å². The average molecular weight is 233 g/mol. The minimum atomic E-state index is 0.881. The van der Waals surface area contributed by atoms with Crippen molar-refractivity contribution in [3.8, 4) is 10.6 Å². The Bertz CT molecular complexity index is 465. The van der Waals surface area contributed by atoms with Gasteiger partial charge in [-0.15, -0.1) is 11.3 Å². The van der Waals surface area contributed by atoms with Crippen LogP contribution in [-0.4, -0.2) is 16.5 Å². The van der Waals surface area contributed by atoms with Gasteiger partial charge in [-0.05, 0) is 25.5 Å². The molecule has 0 saturated heterocycles. The smallest absolute Gasteiger partial charge is 0.153 e.